The Morgan fingerprint density at radius 1 is 1.09 bits per heavy atom. The molecule has 2 saturated carbocycles. The fourth-order valence-electron chi connectivity index (χ4n) is 6.37. The maximum absolute atomic E-state index is 5.53. The Hall–Kier alpha value is -0.980. The second kappa shape index (κ2) is 4.76. The molecule has 0 bridgehead atoms. The van der Waals surface area contributed by atoms with E-state index in [1.54, 1.807) is 11.1 Å². The van der Waals surface area contributed by atoms with E-state index in [0.29, 0.717) is 10.8 Å². The first kappa shape index (κ1) is 14.6. The van der Waals surface area contributed by atoms with E-state index in [1.165, 1.54) is 44.3 Å². The molecular weight excluding hydrogens is 268 g/mol. The molecule has 0 unspecified atom stereocenters. The quantitative estimate of drug-likeness (QED) is 0.569. The van der Waals surface area contributed by atoms with Crippen LogP contribution in [0.4, 0.5) is 0 Å². The maximum Gasteiger partial charge on any atom is 0.0958 e. The summed E-state index contributed by atoms with van der Waals surface area (Å²) in [5, 5.41) is 0. The van der Waals surface area contributed by atoms with Crippen LogP contribution in [-0.4, -0.2) is 7.11 Å². The largest absolute Gasteiger partial charge is 0.501 e. The first-order valence-corrected chi connectivity index (χ1v) is 9.12. The average molecular weight is 298 g/mol. The maximum atomic E-state index is 5.53. The molecule has 0 aromatic carbocycles. The van der Waals surface area contributed by atoms with Crippen molar-refractivity contribution in [3.8, 4) is 0 Å². The highest BCUT2D eigenvalue weighted by atomic mass is 16.5. The topological polar surface area (TPSA) is 9.23 Å². The molecule has 120 valence electrons. The molecule has 4 rings (SSSR count). The normalized spacial score (nSPS) is 47.0. The molecule has 1 heteroatoms. The standard InChI is InChI=1S/C21H30O/c1-14-5-8-18-17-7-6-15-13-16(22-4)9-11-21(15,3)19(17)10-12-20(14,18)2/h6,13,17-19H,1,5,7-12H2,2-4H3/t17-,18-,19-,20+,21-/m0/s1. The number of rotatable bonds is 1. The zero-order valence-electron chi connectivity index (χ0n) is 14.5. The molecule has 4 aliphatic rings. The summed E-state index contributed by atoms with van der Waals surface area (Å²) < 4.78 is 5.53. The van der Waals surface area contributed by atoms with Gasteiger partial charge in [-0.25, -0.2) is 0 Å². The number of ether oxygens (including phenoxy) is 1. The van der Waals surface area contributed by atoms with Crippen LogP contribution in [0.3, 0.4) is 0 Å². The molecule has 5 atom stereocenters. The van der Waals surface area contributed by atoms with Gasteiger partial charge in [0.25, 0.3) is 0 Å². The van der Waals surface area contributed by atoms with Crippen molar-refractivity contribution in [3.05, 3.63) is 35.6 Å². The van der Waals surface area contributed by atoms with Gasteiger partial charge < -0.3 is 4.74 Å². The van der Waals surface area contributed by atoms with Gasteiger partial charge in [-0.3, -0.25) is 0 Å². The zero-order valence-corrected chi connectivity index (χ0v) is 14.5. The highest BCUT2D eigenvalue weighted by molar-refractivity contribution is 5.36. The van der Waals surface area contributed by atoms with Gasteiger partial charge >= 0.3 is 0 Å². The van der Waals surface area contributed by atoms with E-state index in [4.69, 9.17) is 4.74 Å². The molecule has 2 fully saturated rings. The smallest absolute Gasteiger partial charge is 0.0958 e. The van der Waals surface area contributed by atoms with Gasteiger partial charge in [0.15, 0.2) is 0 Å². The monoisotopic (exact) mass is 298 g/mol. The van der Waals surface area contributed by atoms with Crippen LogP contribution in [0.5, 0.6) is 0 Å². The van der Waals surface area contributed by atoms with Crippen molar-refractivity contribution in [2.24, 2.45) is 28.6 Å². The van der Waals surface area contributed by atoms with Crippen LogP contribution in [0, 0.1) is 28.6 Å². The number of hydrogen-bond donors (Lipinski definition) is 0. The number of allylic oxidation sites excluding steroid dienone is 5. The minimum Gasteiger partial charge on any atom is -0.501 e. The molecule has 0 aliphatic heterocycles. The Balaban J connectivity index is 1.71. The van der Waals surface area contributed by atoms with Crippen LogP contribution in [0.1, 0.15) is 58.8 Å². The second-order valence-corrected chi connectivity index (χ2v) is 8.60. The van der Waals surface area contributed by atoms with Crippen LogP contribution in [0.25, 0.3) is 0 Å². The van der Waals surface area contributed by atoms with Crippen molar-refractivity contribution in [2.75, 3.05) is 7.11 Å². The molecule has 0 radical (unpaired) electrons. The van der Waals surface area contributed by atoms with E-state index in [0.717, 1.165) is 24.2 Å². The first-order chi connectivity index (χ1) is 10.5. The van der Waals surface area contributed by atoms with Gasteiger partial charge in [0.05, 0.1) is 12.9 Å². The SMILES string of the molecule is C=C1CC[C@H]2[C@@H]3CC=C4C=C(OC)CC[C@]4(C)[C@H]3CC[C@]12C. The molecule has 0 N–H and O–H groups in total. The van der Waals surface area contributed by atoms with E-state index < -0.39 is 0 Å². The summed E-state index contributed by atoms with van der Waals surface area (Å²) in [4.78, 5) is 0. The summed E-state index contributed by atoms with van der Waals surface area (Å²) >= 11 is 0. The molecule has 22 heavy (non-hydrogen) atoms. The molecule has 0 heterocycles. The molecule has 0 aromatic rings. The summed E-state index contributed by atoms with van der Waals surface area (Å²) in [6.45, 7) is 9.47. The molecule has 0 saturated heterocycles. The lowest BCUT2D eigenvalue weighted by molar-refractivity contribution is -0.00817. The van der Waals surface area contributed by atoms with Crippen LogP contribution >= 0.6 is 0 Å². The molecule has 0 amide bonds. The van der Waals surface area contributed by atoms with Gasteiger partial charge in [-0.15, -0.1) is 0 Å². The lowest BCUT2D eigenvalue weighted by Gasteiger charge is -2.56. The molecule has 0 aromatic heterocycles. The summed E-state index contributed by atoms with van der Waals surface area (Å²) in [6, 6.07) is 0. The molecule has 0 spiro atoms. The van der Waals surface area contributed by atoms with Gasteiger partial charge in [-0.1, -0.05) is 32.1 Å². The first-order valence-electron chi connectivity index (χ1n) is 9.12. The number of methoxy groups -OCH3 is 1. The van der Waals surface area contributed by atoms with Crippen molar-refractivity contribution < 1.29 is 4.74 Å². The fourth-order valence-corrected chi connectivity index (χ4v) is 6.37. The van der Waals surface area contributed by atoms with Crippen LogP contribution < -0.4 is 0 Å². The lowest BCUT2D eigenvalue weighted by atomic mass is 9.48. The average Bonchev–Trinajstić information content (AvgIpc) is 2.82. The van der Waals surface area contributed by atoms with E-state index >= 15 is 0 Å². The number of fused-ring (bicyclic) bond motifs is 5. The van der Waals surface area contributed by atoms with Crippen molar-refractivity contribution in [1.82, 2.24) is 0 Å². The van der Waals surface area contributed by atoms with Crippen molar-refractivity contribution in [2.45, 2.75) is 58.8 Å². The highest BCUT2D eigenvalue weighted by Gasteiger charge is 2.56. The Morgan fingerprint density at radius 3 is 2.64 bits per heavy atom. The Morgan fingerprint density at radius 2 is 1.86 bits per heavy atom. The van der Waals surface area contributed by atoms with Crippen LogP contribution in [0.2, 0.25) is 0 Å². The van der Waals surface area contributed by atoms with E-state index in [1.807, 2.05) is 7.11 Å². The van der Waals surface area contributed by atoms with Gasteiger partial charge in [-0.2, -0.15) is 0 Å². The third-order valence-electron chi connectivity index (χ3n) is 7.95. The van der Waals surface area contributed by atoms with Crippen molar-refractivity contribution >= 4 is 0 Å². The third kappa shape index (κ3) is 1.77. The minimum absolute atomic E-state index is 0.385. The lowest BCUT2D eigenvalue weighted by Crippen LogP contribution is -2.48. The third-order valence-corrected chi connectivity index (χ3v) is 7.95. The highest BCUT2D eigenvalue weighted by Crippen LogP contribution is 2.65. The summed E-state index contributed by atoms with van der Waals surface area (Å²) in [7, 11) is 1.82. The molecule has 1 nitrogen and oxygen atoms in total. The van der Waals surface area contributed by atoms with Gasteiger partial charge in [-0.05, 0) is 78.8 Å². The van der Waals surface area contributed by atoms with Gasteiger partial charge in [0.2, 0.25) is 0 Å². The minimum atomic E-state index is 0.385. The summed E-state index contributed by atoms with van der Waals surface area (Å²) in [6.07, 6.45) is 14.0. The van der Waals surface area contributed by atoms with Gasteiger partial charge in [0.1, 0.15) is 0 Å². The predicted molar refractivity (Wildman–Crippen MR) is 91.3 cm³/mol. The van der Waals surface area contributed by atoms with E-state index in [2.05, 4.69) is 32.6 Å². The number of hydrogen-bond acceptors (Lipinski definition) is 1. The molecular formula is C21H30O. The summed E-state index contributed by atoms with van der Waals surface area (Å²) in [5.41, 5.74) is 3.93. The van der Waals surface area contributed by atoms with Crippen LogP contribution in [-0.2, 0) is 4.74 Å². The fraction of sp³-hybridized carbons (Fsp3) is 0.714. The van der Waals surface area contributed by atoms with E-state index in [9.17, 15) is 0 Å². The van der Waals surface area contributed by atoms with Crippen molar-refractivity contribution in [1.29, 1.82) is 0 Å². The zero-order chi connectivity index (χ0) is 15.5. The Labute approximate surface area is 135 Å². The van der Waals surface area contributed by atoms with Crippen LogP contribution in [0.15, 0.2) is 35.6 Å². The second-order valence-electron chi connectivity index (χ2n) is 8.60. The summed E-state index contributed by atoms with van der Waals surface area (Å²) in [5.74, 6) is 3.80. The van der Waals surface area contributed by atoms with Gasteiger partial charge in [0, 0.05) is 6.42 Å². The Kier molecular flexibility index (Phi) is 3.16. The predicted octanol–water partition coefficient (Wildman–Crippen LogP) is 5.65. The Bertz CT molecular complexity index is 568. The molecule has 4 aliphatic carbocycles. The van der Waals surface area contributed by atoms with Crippen molar-refractivity contribution in [3.63, 3.8) is 0 Å². The van der Waals surface area contributed by atoms with E-state index in [-0.39, 0.29) is 0 Å².